The van der Waals surface area contributed by atoms with Gasteiger partial charge in [0.2, 0.25) is 0 Å². The zero-order valence-electron chi connectivity index (χ0n) is 9.74. The summed E-state index contributed by atoms with van der Waals surface area (Å²) >= 11 is 1.42. The van der Waals surface area contributed by atoms with E-state index in [-0.39, 0.29) is 6.54 Å². The minimum Gasteiger partial charge on any atom is -0.480 e. The Hall–Kier alpha value is -1.77. The van der Waals surface area contributed by atoms with Crippen molar-refractivity contribution in [2.75, 3.05) is 11.6 Å². The zero-order chi connectivity index (χ0) is 13.1. The number of carbonyl (C=O) groups is 2. The molecule has 8 nitrogen and oxygen atoms in total. The van der Waals surface area contributed by atoms with Gasteiger partial charge < -0.3 is 19.9 Å². The first-order valence-electron chi connectivity index (χ1n) is 5.27. The van der Waals surface area contributed by atoms with E-state index in [0.717, 1.165) is 0 Å². The zero-order valence-corrected chi connectivity index (χ0v) is 10.6. The van der Waals surface area contributed by atoms with Gasteiger partial charge in [0.15, 0.2) is 5.82 Å². The van der Waals surface area contributed by atoms with Crippen LogP contribution in [0.25, 0.3) is 0 Å². The Bertz CT molecular complexity index is 463. The van der Waals surface area contributed by atoms with Crippen LogP contribution in [-0.2, 0) is 18.4 Å². The molecule has 0 bridgehead atoms. The summed E-state index contributed by atoms with van der Waals surface area (Å²) in [6.07, 6.45) is 1.53. The largest absolute Gasteiger partial charge is 0.480 e. The molecule has 1 unspecified atom stereocenters. The molecule has 0 radical (unpaired) electrons. The Balaban J connectivity index is 1.92. The number of carboxylic acid groups (broad SMARTS) is 1. The van der Waals surface area contributed by atoms with Crippen molar-refractivity contribution < 1.29 is 14.7 Å². The van der Waals surface area contributed by atoms with Crippen LogP contribution in [0.2, 0.25) is 0 Å². The highest BCUT2D eigenvalue weighted by atomic mass is 32.2. The van der Waals surface area contributed by atoms with Crippen molar-refractivity contribution in [1.29, 1.82) is 0 Å². The summed E-state index contributed by atoms with van der Waals surface area (Å²) in [6.45, 7) is 0.225. The van der Waals surface area contributed by atoms with Crippen LogP contribution in [0, 0.1) is 0 Å². The van der Waals surface area contributed by atoms with E-state index in [1.54, 1.807) is 11.6 Å². The topological polar surface area (TPSA) is 100 Å². The number of carbonyl (C=O) groups excluding carboxylic acids is 1. The second kappa shape index (κ2) is 5.25. The van der Waals surface area contributed by atoms with Gasteiger partial charge in [0, 0.05) is 12.8 Å². The number of nitrogens with zero attached hydrogens (tertiary/aromatic N) is 4. The molecule has 18 heavy (non-hydrogen) atoms. The first-order chi connectivity index (χ1) is 8.59. The van der Waals surface area contributed by atoms with E-state index in [0.29, 0.717) is 17.5 Å². The van der Waals surface area contributed by atoms with Gasteiger partial charge in [0.05, 0.1) is 12.4 Å². The van der Waals surface area contributed by atoms with E-state index < -0.39 is 18.0 Å². The quantitative estimate of drug-likeness (QED) is 0.767. The monoisotopic (exact) mass is 271 g/mol. The lowest BCUT2D eigenvalue weighted by atomic mass is 10.3. The lowest BCUT2D eigenvalue weighted by Gasteiger charge is -2.20. The van der Waals surface area contributed by atoms with Gasteiger partial charge in [-0.25, -0.2) is 9.59 Å². The Kier molecular flexibility index (Phi) is 3.70. The Labute approximate surface area is 107 Å². The first-order valence-corrected chi connectivity index (χ1v) is 6.43. The molecule has 98 valence electrons. The van der Waals surface area contributed by atoms with Crippen LogP contribution >= 0.6 is 11.8 Å². The van der Waals surface area contributed by atoms with Crippen LogP contribution in [0.3, 0.4) is 0 Å². The lowest BCUT2D eigenvalue weighted by molar-refractivity contribution is -0.140. The fraction of sp³-hybridized carbons (Fsp3) is 0.556. The molecule has 0 saturated carbocycles. The molecular formula is C9H13N5O3S. The standard InChI is InChI=1S/C9H13N5O3S/c1-13-4-11-12-7(13)2-10-9(17)14-5-18-3-6(14)8(15)16/h4,6H,2-3,5H2,1H3,(H,10,17)(H,15,16). The summed E-state index contributed by atoms with van der Waals surface area (Å²) < 4.78 is 1.69. The fourth-order valence-electron chi connectivity index (χ4n) is 1.57. The van der Waals surface area contributed by atoms with Crippen molar-refractivity contribution in [2.45, 2.75) is 12.6 Å². The fourth-order valence-corrected chi connectivity index (χ4v) is 2.72. The summed E-state index contributed by atoms with van der Waals surface area (Å²) in [4.78, 5) is 24.1. The molecule has 2 N–H and O–H groups in total. The predicted molar refractivity (Wildman–Crippen MR) is 63.8 cm³/mol. The molecule has 1 fully saturated rings. The van der Waals surface area contributed by atoms with E-state index in [4.69, 9.17) is 5.11 Å². The van der Waals surface area contributed by atoms with E-state index >= 15 is 0 Å². The van der Waals surface area contributed by atoms with Gasteiger partial charge in [0.25, 0.3) is 0 Å². The maximum Gasteiger partial charge on any atom is 0.327 e. The van der Waals surface area contributed by atoms with Gasteiger partial charge in [-0.15, -0.1) is 22.0 Å². The van der Waals surface area contributed by atoms with Crippen LogP contribution in [0.5, 0.6) is 0 Å². The van der Waals surface area contributed by atoms with Crippen LogP contribution < -0.4 is 5.32 Å². The van der Waals surface area contributed by atoms with Crippen molar-refractivity contribution in [2.24, 2.45) is 7.05 Å². The summed E-state index contributed by atoms with van der Waals surface area (Å²) in [5.41, 5.74) is 0. The van der Waals surface area contributed by atoms with E-state index in [1.165, 1.54) is 23.0 Å². The van der Waals surface area contributed by atoms with Crippen LogP contribution in [0.1, 0.15) is 5.82 Å². The highest BCUT2D eigenvalue weighted by Gasteiger charge is 2.34. The lowest BCUT2D eigenvalue weighted by Crippen LogP contribution is -2.46. The minimum atomic E-state index is -0.978. The van der Waals surface area contributed by atoms with Crippen molar-refractivity contribution >= 4 is 23.8 Å². The molecule has 0 aliphatic carbocycles. The van der Waals surface area contributed by atoms with Gasteiger partial charge in [-0.3, -0.25) is 0 Å². The van der Waals surface area contributed by atoms with Gasteiger partial charge in [-0.05, 0) is 0 Å². The second-order valence-corrected chi connectivity index (χ2v) is 4.84. The molecule has 2 heterocycles. The van der Waals surface area contributed by atoms with Gasteiger partial charge in [-0.2, -0.15) is 0 Å². The molecule has 9 heteroatoms. The molecule has 1 atom stereocenters. The average molecular weight is 271 g/mol. The van der Waals surface area contributed by atoms with Gasteiger partial charge in [-0.1, -0.05) is 0 Å². The van der Waals surface area contributed by atoms with Crippen molar-refractivity contribution in [3.63, 3.8) is 0 Å². The SMILES string of the molecule is Cn1cnnc1CNC(=O)N1CSCC1C(=O)O. The minimum absolute atomic E-state index is 0.225. The maximum atomic E-state index is 11.8. The average Bonchev–Trinajstić information content (AvgIpc) is 2.94. The summed E-state index contributed by atoms with van der Waals surface area (Å²) in [5, 5.41) is 19.1. The number of hydrogen-bond donors (Lipinski definition) is 2. The predicted octanol–water partition coefficient (Wildman–Crippen LogP) is -0.516. The molecule has 1 aliphatic rings. The highest BCUT2D eigenvalue weighted by molar-refractivity contribution is 7.99. The molecule has 2 amide bonds. The number of urea groups is 1. The molecule has 0 aromatic carbocycles. The Morgan fingerprint density at radius 2 is 2.44 bits per heavy atom. The van der Waals surface area contributed by atoms with Crippen molar-refractivity contribution in [1.82, 2.24) is 25.0 Å². The number of carboxylic acids is 1. The van der Waals surface area contributed by atoms with E-state index in [9.17, 15) is 9.59 Å². The number of aryl methyl sites for hydroxylation is 1. The third-order valence-electron chi connectivity index (χ3n) is 2.63. The molecular weight excluding hydrogens is 258 g/mol. The van der Waals surface area contributed by atoms with Crippen molar-refractivity contribution in [3.8, 4) is 0 Å². The van der Waals surface area contributed by atoms with Gasteiger partial charge >= 0.3 is 12.0 Å². The highest BCUT2D eigenvalue weighted by Crippen LogP contribution is 2.20. The number of aromatic nitrogens is 3. The normalized spacial score (nSPS) is 18.9. The molecule has 1 saturated heterocycles. The first kappa shape index (κ1) is 12.7. The summed E-state index contributed by atoms with van der Waals surface area (Å²) in [6, 6.07) is -1.15. The van der Waals surface area contributed by atoms with E-state index in [2.05, 4.69) is 15.5 Å². The number of nitrogens with one attached hydrogen (secondary N) is 1. The molecule has 1 aromatic heterocycles. The molecule has 1 aromatic rings. The second-order valence-electron chi connectivity index (χ2n) is 3.84. The van der Waals surface area contributed by atoms with Crippen LogP contribution in [-0.4, -0.2) is 54.4 Å². The van der Waals surface area contributed by atoms with E-state index in [1.807, 2.05) is 0 Å². The number of aliphatic carboxylic acids is 1. The molecule has 0 spiro atoms. The Morgan fingerprint density at radius 3 is 3.06 bits per heavy atom. The third kappa shape index (κ3) is 2.55. The maximum absolute atomic E-state index is 11.8. The number of rotatable bonds is 3. The third-order valence-corrected chi connectivity index (χ3v) is 3.64. The number of thioether (sulfide) groups is 1. The van der Waals surface area contributed by atoms with Crippen molar-refractivity contribution in [3.05, 3.63) is 12.2 Å². The van der Waals surface area contributed by atoms with Gasteiger partial charge in [0.1, 0.15) is 12.4 Å². The number of amides is 2. The van der Waals surface area contributed by atoms with Crippen LogP contribution in [0.15, 0.2) is 6.33 Å². The molecule has 2 rings (SSSR count). The summed E-state index contributed by atoms with van der Waals surface area (Å²) in [7, 11) is 1.77. The summed E-state index contributed by atoms with van der Waals surface area (Å²) in [5.74, 6) is 0.449. The number of hydrogen-bond acceptors (Lipinski definition) is 5. The molecule has 1 aliphatic heterocycles. The Morgan fingerprint density at radius 1 is 1.67 bits per heavy atom. The smallest absolute Gasteiger partial charge is 0.327 e. The van der Waals surface area contributed by atoms with Crippen LogP contribution in [0.4, 0.5) is 4.79 Å².